The first kappa shape index (κ1) is 6.64. The fraction of sp³-hybridized carbons (Fsp3) is 0.545. The van der Waals surface area contributed by atoms with Crippen molar-refractivity contribution in [2.75, 3.05) is 0 Å². The average Bonchev–Trinajstić information content (AvgIpc) is 2.61. The molecule has 62 valence electrons. The van der Waals surface area contributed by atoms with Gasteiger partial charge in [-0.15, -0.1) is 0 Å². The number of carbonyl (C=O) groups is 1. The largest absolute Gasteiger partial charge is 0.295 e. The molecule has 1 nitrogen and oxygen atoms in total. The highest BCUT2D eigenvalue weighted by molar-refractivity contribution is 6.00. The van der Waals surface area contributed by atoms with Crippen molar-refractivity contribution in [1.82, 2.24) is 0 Å². The Labute approximate surface area is 72.2 Å². The van der Waals surface area contributed by atoms with Gasteiger partial charge in [0.15, 0.2) is 5.78 Å². The van der Waals surface area contributed by atoms with Gasteiger partial charge in [0.25, 0.3) is 0 Å². The molecule has 0 N–H and O–H groups in total. The van der Waals surface area contributed by atoms with Gasteiger partial charge >= 0.3 is 0 Å². The fourth-order valence-corrected chi connectivity index (χ4v) is 2.95. The number of hydrogen-bond donors (Lipinski definition) is 0. The van der Waals surface area contributed by atoms with E-state index in [2.05, 4.69) is 12.2 Å². The number of carbonyl (C=O) groups excluding carboxylic acids is 1. The zero-order valence-electron chi connectivity index (χ0n) is 7.05. The summed E-state index contributed by atoms with van der Waals surface area (Å²) >= 11 is 0. The molecule has 12 heavy (non-hydrogen) atoms. The van der Waals surface area contributed by atoms with E-state index < -0.39 is 0 Å². The molecule has 0 radical (unpaired) electrons. The summed E-state index contributed by atoms with van der Waals surface area (Å²) in [4.78, 5) is 11.5. The van der Waals surface area contributed by atoms with Crippen molar-refractivity contribution in [3.05, 3.63) is 23.3 Å². The van der Waals surface area contributed by atoms with Crippen LogP contribution in [0.1, 0.15) is 25.7 Å². The van der Waals surface area contributed by atoms with E-state index in [1.807, 2.05) is 0 Å². The van der Waals surface area contributed by atoms with Crippen LogP contribution >= 0.6 is 0 Å². The Morgan fingerprint density at radius 2 is 2.25 bits per heavy atom. The fourth-order valence-electron chi connectivity index (χ4n) is 2.95. The molecule has 3 rings (SSSR count). The molecular weight excluding hydrogens is 148 g/mol. The molecule has 0 saturated heterocycles. The highest BCUT2D eigenvalue weighted by Gasteiger charge is 2.40. The predicted molar refractivity (Wildman–Crippen MR) is 46.6 cm³/mol. The van der Waals surface area contributed by atoms with Crippen LogP contribution in [0.2, 0.25) is 0 Å². The lowest BCUT2D eigenvalue weighted by Gasteiger charge is -2.11. The molecule has 0 fully saturated rings. The zero-order valence-corrected chi connectivity index (χ0v) is 7.05. The Hall–Kier alpha value is -0.850. The molecule has 0 unspecified atom stereocenters. The van der Waals surface area contributed by atoms with E-state index in [0.29, 0.717) is 17.6 Å². The van der Waals surface area contributed by atoms with Gasteiger partial charge in [-0.2, -0.15) is 0 Å². The van der Waals surface area contributed by atoms with Crippen molar-refractivity contribution in [3.63, 3.8) is 0 Å². The second-order valence-corrected chi connectivity index (χ2v) is 4.08. The highest BCUT2D eigenvalue weighted by atomic mass is 16.1. The predicted octanol–water partition coefficient (Wildman–Crippen LogP) is 2.24. The standard InChI is InChI=1S/C11H12O/c12-10-5-4-8-6-7-2-1-3-9(7)11(8)10/h1-2,7,9H,3-6H2/t7-,9-/m0/s1. The SMILES string of the molecule is O=C1CCC2=C1[C@H]1CC=C[C@H]1C2. The Bertz CT molecular complexity index is 309. The van der Waals surface area contributed by atoms with Gasteiger partial charge in [-0.3, -0.25) is 4.79 Å². The van der Waals surface area contributed by atoms with Crippen LogP contribution in [-0.4, -0.2) is 5.78 Å². The minimum atomic E-state index is 0.446. The topological polar surface area (TPSA) is 17.1 Å². The van der Waals surface area contributed by atoms with Crippen LogP contribution in [-0.2, 0) is 4.79 Å². The number of rotatable bonds is 0. The third-order valence-corrected chi connectivity index (χ3v) is 3.48. The van der Waals surface area contributed by atoms with Crippen LogP contribution in [0.25, 0.3) is 0 Å². The van der Waals surface area contributed by atoms with E-state index in [1.54, 1.807) is 0 Å². The normalized spacial score (nSPS) is 37.8. The Morgan fingerprint density at radius 1 is 1.33 bits per heavy atom. The molecule has 0 aromatic carbocycles. The number of ketones is 1. The molecule has 0 amide bonds. The third-order valence-electron chi connectivity index (χ3n) is 3.48. The first-order chi connectivity index (χ1) is 5.86. The molecule has 0 heterocycles. The van der Waals surface area contributed by atoms with Gasteiger partial charge in [0.05, 0.1) is 0 Å². The van der Waals surface area contributed by atoms with Gasteiger partial charge in [-0.25, -0.2) is 0 Å². The smallest absolute Gasteiger partial charge is 0.159 e. The van der Waals surface area contributed by atoms with Crippen LogP contribution in [0.15, 0.2) is 23.3 Å². The molecule has 0 saturated carbocycles. The zero-order chi connectivity index (χ0) is 8.13. The lowest BCUT2D eigenvalue weighted by Crippen LogP contribution is -2.10. The van der Waals surface area contributed by atoms with E-state index in [-0.39, 0.29) is 0 Å². The van der Waals surface area contributed by atoms with Crippen LogP contribution in [0.4, 0.5) is 0 Å². The summed E-state index contributed by atoms with van der Waals surface area (Å²) in [7, 11) is 0. The molecule has 0 aromatic heterocycles. The van der Waals surface area contributed by atoms with Crippen molar-refractivity contribution in [3.8, 4) is 0 Å². The number of fused-ring (bicyclic) bond motifs is 2. The van der Waals surface area contributed by atoms with Gasteiger partial charge in [-0.1, -0.05) is 17.7 Å². The van der Waals surface area contributed by atoms with Crippen molar-refractivity contribution in [2.24, 2.45) is 11.8 Å². The maximum Gasteiger partial charge on any atom is 0.159 e. The van der Waals surface area contributed by atoms with Crippen LogP contribution < -0.4 is 0 Å². The average molecular weight is 160 g/mol. The molecule has 0 bridgehead atoms. The Balaban J connectivity index is 2.01. The van der Waals surface area contributed by atoms with Gasteiger partial charge in [0.1, 0.15) is 0 Å². The Kier molecular flexibility index (Phi) is 1.16. The van der Waals surface area contributed by atoms with Crippen molar-refractivity contribution in [2.45, 2.75) is 25.7 Å². The molecule has 0 aliphatic heterocycles. The van der Waals surface area contributed by atoms with Crippen molar-refractivity contribution >= 4 is 5.78 Å². The van der Waals surface area contributed by atoms with Gasteiger partial charge in [0.2, 0.25) is 0 Å². The van der Waals surface area contributed by atoms with Gasteiger partial charge in [0, 0.05) is 6.42 Å². The first-order valence-electron chi connectivity index (χ1n) is 4.78. The van der Waals surface area contributed by atoms with E-state index in [4.69, 9.17) is 0 Å². The first-order valence-corrected chi connectivity index (χ1v) is 4.78. The van der Waals surface area contributed by atoms with Crippen LogP contribution in [0, 0.1) is 11.8 Å². The monoisotopic (exact) mass is 160 g/mol. The summed E-state index contributed by atoms with van der Waals surface area (Å²) in [5, 5.41) is 0. The van der Waals surface area contributed by atoms with Gasteiger partial charge < -0.3 is 0 Å². The van der Waals surface area contributed by atoms with E-state index in [1.165, 1.54) is 17.6 Å². The summed E-state index contributed by atoms with van der Waals surface area (Å²) in [5.41, 5.74) is 2.71. The third kappa shape index (κ3) is 0.669. The van der Waals surface area contributed by atoms with E-state index in [9.17, 15) is 4.79 Å². The van der Waals surface area contributed by atoms with E-state index >= 15 is 0 Å². The van der Waals surface area contributed by atoms with Crippen molar-refractivity contribution < 1.29 is 4.79 Å². The van der Waals surface area contributed by atoms with Gasteiger partial charge in [-0.05, 0) is 36.7 Å². The number of allylic oxidation sites excluding steroid dienone is 4. The van der Waals surface area contributed by atoms with E-state index in [0.717, 1.165) is 19.3 Å². The summed E-state index contributed by atoms with van der Waals surface area (Å²) in [6.45, 7) is 0. The summed E-state index contributed by atoms with van der Waals surface area (Å²) in [5.74, 6) is 1.73. The Morgan fingerprint density at radius 3 is 3.17 bits per heavy atom. The molecule has 0 spiro atoms. The summed E-state index contributed by atoms with van der Waals surface area (Å²) in [6, 6.07) is 0. The lowest BCUT2D eigenvalue weighted by atomic mass is 9.91. The molecule has 0 aromatic rings. The summed E-state index contributed by atoms with van der Waals surface area (Å²) < 4.78 is 0. The maximum atomic E-state index is 11.5. The van der Waals surface area contributed by atoms with Crippen LogP contribution in [0.3, 0.4) is 0 Å². The van der Waals surface area contributed by atoms with Crippen LogP contribution in [0.5, 0.6) is 0 Å². The lowest BCUT2D eigenvalue weighted by molar-refractivity contribution is -0.115. The second-order valence-electron chi connectivity index (χ2n) is 4.08. The molecular formula is C11H12O. The minimum Gasteiger partial charge on any atom is -0.295 e. The molecule has 1 heteroatoms. The number of Topliss-reactive ketones (excluding diaryl/α,β-unsaturated/α-hetero) is 1. The molecule has 3 aliphatic rings. The van der Waals surface area contributed by atoms with Crippen molar-refractivity contribution in [1.29, 1.82) is 0 Å². The maximum absolute atomic E-state index is 11.5. The summed E-state index contributed by atoms with van der Waals surface area (Å²) in [6.07, 6.45) is 8.71. The highest BCUT2D eigenvalue weighted by Crippen LogP contribution is 2.48. The second kappa shape index (κ2) is 2.09. The quantitative estimate of drug-likeness (QED) is 0.497. The number of hydrogen-bond acceptors (Lipinski definition) is 1. The molecule has 2 atom stereocenters. The molecule has 3 aliphatic carbocycles. The minimum absolute atomic E-state index is 0.446.